The van der Waals surface area contributed by atoms with E-state index in [-0.39, 0.29) is 0 Å². The van der Waals surface area contributed by atoms with E-state index >= 15 is 0 Å². The van der Waals surface area contributed by atoms with Crippen molar-refractivity contribution in [3.63, 3.8) is 0 Å². The smallest absolute Gasteiger partial charge is 0.328 e. The number of carbonyl (C=O) groups is 2. The number of benzene rings is 1. The highest BCUT2D eigenvalue weighted by atomic mass is 127. The summed E-state index contributed by atoms with van der Waals surface area (Å²) in [5.41, 5.74) is 1.23. The largest absolute Gasteiger partial charge is 0.480 e. The number of rotatable bonds is 4. The van der Waals surface area contributed by atoms with Gasteiger partial charge < -0.3 is 10.4 Å². The maximum Gasteiger partial charge on any atom is 0.328 e. The topological polar surface area (TPSA) is 66.4 Å². The first-order valence-electron chi connectivity index (χ1n) is 4.81. The minimum atomic E-state index is -1.50. The number of nitrogens with one attached hydrogen (secondary N) is 1. The third-order valence-electron chi connectivity index (χ3n) is 2.12. The molecule has 0 aromatic heterocycles. The van der Waals surface area contributed by atoms with Crippen LogP contribution in [0.2, 0.25) is 0 Å². The molecule has 1 atom stereocenters. The van der Waals surface area contributed by atoms with Crippen LogP contribution < -0.4 is 5.32 Å². The quantitative estimate of drug-likeness (QED) is 0.813. The predicted molar refractivity (Wildman–Crippen MR) is 68.8 cm³/mol. The fraction of sp³-hybridized carbons (Fsp3) is 0.273. The minimum Gasteiger partial charge on any atom is -0.480 e. The molecule has 4 nitrogen and oxygen atoms in total. The van der Waals surface area contributed by atoms with Crippen molar-refractivity contribution in [1.29, 1.82) is 0 Å². The lowest BCUT2D eigenvalue weighted by Gasteiger charge is -2.12. The Bertz CT molecular complexity index is 450. The van der Waals surface area contributed by atoms with Gasteiger partial charge in [-0.15, -0.1) is 0 Å². The second-order valence-corrected chi connectivity index (χ2v) is 4.66. The summed E-state index contributed by atoms with van der Waals surface area (Å²) in [4.78, 5) is 22.3. The normalized spacial score (nSPS) is 11.9. The Morgan fingerprint density at radius 3 is 2.71 bits per heavy atom. The molecule has 0 aliphatic rings. The summed E-state index contributed by atoms with van der Waals surface area (Å²) < 4.78 is 13.1. The highest BCUT2D eigenvalue weighted by Crippen LogP contribution is 2.14. The molecule has 17 heavy (non-hydrogen) atoms. The Morgan fingerprint density at radius 2 is 2.18 bits per heavy atom. The van der Waals surface area contributed by atoms with Crippen LogP contribution in [0.3, 0.4) is 0 Å². The molecule has 0 radical (unpaired) electrons. The predicted octanol–water partition coefficient (Wildman–Crippen LogP) is 1.75. The van der Waals surface area contributed by atoms with Gasteiger partial charge in [0.15, 0.2) is 6.04 Å². The van der Waals surface area contributed by atoms with Crippen LogP contribution in [-0.4, -0.2) is 29.7 Å². The van der Waals surface area contributed by atoms with Crippen molar-refractivity contribution in [3.8, 4) is 0 Å². The average Bonchev–Trinajstić information content (AvgIpc) is 2.28. The molecule has 1 unspecified atom stereocenters. The van der Waals surface area contributed by atoms with E-state index in [0.29, 0.717) is 9.13 Å². The number of carboxylic acid groups (broad SMARTS) is 1. The third-order valence-corrected chi connectivity index (χ3v) is 3.06. The molecule has 0 saturated carbocycles. The Morgan fingerprint density at radius 1 is 1.53 bits per heavy atom. The van der Waals surface area contributed by atoms with Crippen molar-refractivity contribution in [2.45, 2.75) is 13.0 Å². The van der Waals surface area contributed by atoms with Gasteiger partial charge in [0.05, 0.1) is 5.56 Å². The lowest BCUT2D eigenvalue weighted by Crippen LogP contribution is -2.42. The maximum atomic E-state index is 12.4. The van der Waals surface area contributed by atoms with Gasteiger partial charge in [-0.1, -0.05) is 11.6 Å². The number of carboxylic acids is 1. The Labute approximate surface area is 111 Å². The second-order valence-electron chi connectivity index (χ2n) is 3.50. The van der Waals surface area contributed by atoms with E-state index < -0.39 is 24.6 Å². The molecule has 0 spiro atoms. The molecule has 2 N–H and O–H groups in total. The SMILES string of the molecule is Cc1ccc(I)c(C(=O)NC(CF)C(=O)O)c1. The van der Waals surface area contributed by atoms with Crippen LogP contribution in [0, 0.1) is 10.5 Å². The Kier molecular flexibility index (Phi) is 4.86. The van der Waals surface area contributed by atoms with Crippen LogP contribution in [-0.2, 0) is 4.79 Å². The van der Waals surface area contributed by atoms with E-state index in [1.54, 1.807) is 12.1 Å². The first-order chi connectivity index (χ1) is 7.95. The van der Waals surface area contributed by atoms with E-state index in [9.17, 15) is 14.0 Å². The number of hydrogen-bond donors (Lipinski definition) is 2. The zero-order chi connectivity index (χ0) is 13.0. The van der Waals surface area contributed by atoms with E-state index in [2.05, 4.69) is 5.32 Å². The Balaban J connectivity index is 2.89. The number of aryl methyl sites for hydroxylation is 1. The van der Waals surface area contributed by atoms with Crippen molar-refractivity contribution >= 4 is 34.5 Å². The summed E-state index contributed by atoms with van der Waals surface area (Å²) >= 11 is 1.97. The van der Waals surface area contributed by atoms with Crippen molar-refractivity contribution in [1.82, 2.24) is 5.32 Å². The van der Waals surface area contributed by atoms with Crippen molar-refractivity contribution in [2.75, 3.05) is 6.67 Å². The summed E-state index contributed by atoms with van der Waals surface area (Å²) in [7, 11) is 0. The van der Waals surface area contributed by atoms with E-state index in [4.69, 9.17) is 5.11 Å². The minimum absolute atomic E-state index is 0.352. The van der Waals surface area contributed by atoms with Gasteiger partial charge in [0.2, 0.25) is 0 Å². The van der Waals surface area contributed by atoms with Gasteiger partial charge in [0.1, 0.15) is 6.67 Å². The molecule has 92 valence electrons. The van der Waals surface area contributed by atoms with Crippen molar-refractivity contribution in [2.24, 2.45) is 0 Å². The fourth-order valence-corrected chi connectivity index (χ4v) is 1.80. The van der Waals surface area contributed by atoms with Gasteiger partial charge >= 0.3 is 5.97 Å². The summed E-state index contributed by atoms with van der Waals surface area (Å²) in [6.45, 7) is 0.681. The van der Waals surface area contributed by atoms with E-state index in [1.807, 2.05) is 35.6 Å². The lowest BCUT2D eigenvalue weighted by atomic mass is 10.1. The van der Waals surface area contributed by atoms with Crippen LogP contribution in [0.25, 0.3) is 0 Å². The highest BCUT2D eigenvalue weighted by Gasteiger charge is 2.21. The number of alkyl halides is 1. The first-order valence-corrected chi connectivity index (χ1v) is 5.89. The van der Waals surface area contributed by atoms with Crippen LogP contribution in [0.1, 0.15) is 15.9 Å². The van der Waals surface area contributed by atoms with Gasteiger partial charge in [-0.25, -0.2) is 9.18 Å². The first kappa shape index (κ1) is 13.9. The van der Waals surface area contributed by atoms with Crippen LogP contribution in [0.15, 0.2) is 18.2 Å². The molecule has 0 heterocycles. The molecule has 1 aromatic rings. The molecule has 1 rings (SSSR count). The molecule has 1 amide bonds. The molecule has 0 saturated heterocycles. The molecule has 6 heteroatoms. The summed E-state index contributed by atoms with van der Waals surface area (Å²) in [5, 5.41) is 10.8. The monoisotopic (exact) mass is 351 g/mol. The van der Waals surface area contributed by atoms with Gasteiger partial charge in [0, 0.05) is 3.57 Å². The van der Waals surface area contributed by atoms with Gasteiger partial charge in [-0.05, 0) is 41.6 Å². The van der Waals surface area contributed by atoms with Crippen LogP contribution >= 0.6 is 22.6 Å². The van der Waals surface area contributed by atoms with Crippen LogP contribution in [0.5, 0.6) is 0 Å². The van der Waals surface area contributed by atoms with Crippen molar-refractivity contribution in [3.05, 3.63) is 32.9 Å². The van der Waals surface area contributed by atoms with Crippen molar-refractivity contribution < 1.29 is 19.1 Å². The molecule has 0 aliphatic carbocycles. The molecule has 1 aromatic carbocycles. The highest BCUT2D eigenvalue weighted by molar-refractivity contribution is 14.1. The standard InChI is InChI=1S/C11H11FINO3/c1-6-2-3-8(13)7(4-6)10(15)14-9(5-12)11(16)17/h2-4,9H,5H2,1H3,(H,14,15)(H,16,17). The molecule has 0 fully saturated rings. The lowest BCUT2D eigenvalue weighted by molar-refractivity contribution is -0.139. The Hall–Kier alpha value is -1.18. The number of halogens is 2. The van der Waals surface area contributed by atoms with Gasteiger partial charge in [-0.2, -0.15) is 0 Å². The molecule has 0 bridgehead atoms. The molecular formula is C11H11FINO3. The van der Waals surface area contributed by atoms with Crippen LogP contribution in [0.4, 0.5) is 4.39 Å². The van der Waals surface area contributed by atoms with Gasteiger partial charge in [-0.3, -0.25) is 4.79 Å². The number of hydrogen-bond acceptors (Lipinski definition) is 2. The fourth-order valence-electron chi connectivity index (χ4n) is 1.22. The summed E-state index contributed by atoms with van der Waals surface area (Å²) in [5.74, 6) is -1.97. The number of aliphatic carboxylic acids is 1. The number of carbonyl (C=O) groups excluding carboxylic acids is 1. The van der Waals surface area contributed by atoms with Gasteiger partial charge in [0.25, 0.3) is 5.91 Å². The zero-order valence-corrected chi connectivity index (χ0v) is 11.2. The third kappa shape index (κ3) is 3.65. The maximum absolute atomic E-state index is 12.4. The zero-order valence-electron chi connectivity index (χ0n) is 9.04. The van der Waals surface area contributed by atoms with E-state index in [0.717, 1.165) is 5.56 Å². The number of amides is 1. The molecular weight excluding hydrogens is 340 g/mol. The molecule has 0 aliphatic heterocycles. The second kappa shape index (κ2) is 5.95. The van der Waals surface area contributed by atoms with E-state index in [1.165, 1.54) is 0 Å². The average molecular weight is 351 g/mol. The summed E-state index contributed by atoms with van der Waals surface area (Å²) in [6, 6.07) is 3.71. The summed E-state index contributed by atoms with van der Waals surface area (Å²) in [6.07, 6.45) is 0.